The molecule has 0 atom stereocenters. The smallest absolute Gasteiger partial charge is 0.269 e. The van der Waals surface area contributed by atoms with Crippen LogP contribution in [0.4, 0.5) is 0 Å². The number of hydrogen-bond donors (Lipinski definition) is 3. The minimum atomic E-state index is -0.372. The van der Waals surface area contributed by atoms with Gasteiger partial charge in [0.1, 0.15) is 11.4 Å². The van der Waals surface area contributed by atoms with Crippen LogP contribution >= 0.6 is 0 Å². The Morgan fingerprint density at radius 3 is 3.00 bits per heavy atom. The number of carbonyl (C=O) groups excluding carboxylic acids is 1. The first-order valence-corrected chi connectivity index (χ1v) is 5.96. The van der Waals surface area contributed by atoms with Crippen LogP contribution in [0.5, 0.6) is 5.75 Å². The van der Waals surface area contributed by atoms with E-state index in [1.807, 2.05) is 31.2 Å². The molecule has 1 amide bonds. The predicted octanol–water partition coefficient (Wildman–Crippen LogP) is 1.39. The van der Waals surface area contributed by atoms with Gasteiger partial charge in [-0.15, -0.1) is 0 Å². The highest BCUT2D eigenvalue weighted by Crippen LogP contribution is 2.26. The number of aromatic nitrogens is 2. The summed E-state index contributed by atoms with van der Waals surface area (Å²) < 4.78 is 5.44. The van der Waals surface area contributed by atoms with Gasteiger partial charge in [-0.25, -0.2) is 5.84 Å². The first-order valence-electron chi connectivity index (χ1n) is 5.96. The van der Waals surface area contributed by atoms with Gasteiger partial charge in [0.2, 0.25) is 0 Å². The molecule has 6 heteroatoms. The Labute approximate surface area is 110 Å². The first kappa shape index (κ1) is 13.1. The highest BCUT2D eigenvalue weighted by Gasteiger charge is 2.18. The Morgan fingerprint density at radius 2 is 2.32 bits per heavy atom. The van der Waals surface area contributed by atoms with Crippen LogP contribution in [-0.2, 0) is 0 Å². The van der Waals surface area contributed by atoms with Crippen LogP contribution in [0.3, 0.4) is 0 Å². The van der Waals surface area contributed by atoms with E-state index in [0.717, 1.165) is 11.3 Å². The van der Waals surface area contributed by atoms with Crippen LogP contribution < -0.4 is 16.0 Å². The van der Waals surface area contributed by atoms with Crippen LogP contribution in [0.2, 0.25) is 0 Å². The molecule has 2 aromatic rings. The number of nitrogen functional groups attached to an aromatic ring is 1. The average molecular weight is 260 g/mol. The molecule has 6 nitrogen and oxygen atoms in total. The molecule has 0 aliphatic carbocycles. The molecule has 1 aromatic carbocycles. The predicted molar refractivity (Wildman–Crippen MR) is 71.6 cm³/mol. The number of H-pyrrole nitrogens is 1. The van der Waals surface area contributed by atoms with Crippen LogP contribution in [0.25, 0.3) is 11.3 Å². The number of hydrogen-bond acceptors (Lipinski definition) is 4. The maximum Gasteiger partial charge on any atom is 0.269 e. The molecule has 1 heterocycles. The third-order valence-electron chi connectivity index (χ3n) is 2.72. The maximum absolute atomic E-state index is 11.8. The monoisotopic (exact) mass is 260 g/mol. The molecular formula is C13H16N4O2. The number of aryl methyl sites for hydroxylation is 1. The van der Waals surface area contributed by atoms with Gasteiger partial charge in [0, 0.05) is 11.3 Å². The van der Waals surface area contributed by atoms with Gasteiger partial charge in [0.25, 0.3) is 5.91 Å². The lowest BCUT2D eigenvalue weighted by molar-refractivity contribution is 0.0954. The molecule has 0 spiro atoms. The fourth-order valence-electron chi connectivity index (χ4n) is 1.89. The quantitative estimate of drug-likeness (QED) is 0.440. The number of ether oxygens (including phenoxy) is 1. The van der Waals surface area contributed by atoms with Crippen molar-refractivity contribution in [1.82, 2.24) is 15.6 Å². The molecule has 0 fully saturated rings. The highest BCUT2D eigenvalue weighted by atomic mass is 16.5. The van der Waals surface area contributed by atoms with Gasteiger partial charge < -0.3 is 4.74 Å². The second-order valence-electron chi connectivity index (χ2n) is 4.01. The molecule has 0 radical (unpaired) electrons. The fraction of sp³-hybridized carbons (Fsp3) is 0.231. The summed E-state index contributed by atoms with van der Waals surface area (Å²) in [5.41, 5.74) is 4.59. The Kier molecular flexibility index (Phi) is 3.82. The van der Waals surface area contributed by atoms with Gasteiger partial charge in [-0.1, -0.05) is 12.1 Å². The Morgan fingerprint density at radius 1 is 1.53 bits per heavy atom. The lowest BCUT2D eigenvalue weighted by Gasteiger charge is -2.06. The third-order valence-corrected chi connectivity index (χ3v) is 2.72. The summed E-state index contributed by atoms with van der Waals surface area (Å²) in [4.78, 5) is 11.8. The first-order chi connectivity index (χ1) is 9.17. The van der Waals surface area contributed by atoms with E-state index in [4.69, 9.17) is 10.6 Å². The Bertz CT molecular complexity index is 592. The Hall–Kier alpha value is -2.34. The SMILES string of the molecule is CCOc1cccc(-c2n[nH]c(C)c2C(=O)NN)c1. The minimum absolute atomic E-state index is 0.372. The summed E-state index contributed by atoms with van der Waals surface area (Å²) in [6.45, 7) is 4.27. The average Bonchev–Trinajstić information content (AvgIpc) is 2.80. The van der Waals surface area contributed by atoms with Gasteiger partial charge in [0.15, 0.2) is 0 Å². The molecular weight excluding hydrogens is 244 g/mol. The normalized spacial score (nSPS) is 10.3. The van der Waals surface area contributed by atoms with Crippen molar-refractivity contribution in [1.29, 1.82) is 0 Å². The van der Waals surface area contributed by atoms with Crippen molar-refractivity contribution >= 4 is 5.91 Å². The summed E-state index contributed by atoms with van der Waals surface area (Å²) in [5, 5.41) is 6.95. The van der Waals surface area contributed by atoms with E-state index in [2.05, 4.69) is 15.6 Å². The van der Waals surface area contributed by atoms with Gasteiger partial charge >= 0.3 is 0 Å². The van der Waals surface area contributed by atoms with Gasteiger partial charge in [0.05, 0.1) is 12.2 Å². The molecule has 0 saturated carbocycles. The third kappa shape index (κ3) is 2.58. The van der Waals surface area contributed by atoms with Gasteiger partial charge in [-0.3, -0.25) is 15.3 Å². The van der Waals surface area contributed by atoms with Crippen molar-refractivity contribution in [2.75, 3.05) is 6.61 Å². The van der Waals surface area contributed by atoms with Crippen molar-refractivity contribution in [3.8, 4) is 17.0 Å². The second kappa shape index (κ2) is 5.53. The largest absolute Gasteiger partial charge is 0.494 e. The standard InChI is InChI=1S/C13H16N4O2/c1-3-19-10-6-4-5-9(7-10)12-11(13(18)15-14)8(2)16-17-12/h4-7H,3,14H2,1-2H3,(H,15,18)(H,16,17). The lowest BCUT2D eigenvalue weighted by atomic mass is 10.1. The van der Waals surface area contributed by atoms with Crippen LogP contribution in [0.1, 0.15) is 23.0 Å². The summed E-state index contributed by atoms with van der Waals surface area (Å²) in [5.74, 6) is 5.55. The van der Waals surface area contributed by atoms with Crippen molar-refractivity contribution < 1.29 is 9.53 Å². The van der Waals surface area contributed by atoms with E-state index in [9.17, 15) is 4.79 Å². The molecule has 2 rings (SSSR count). The molecule has 19 heavy (non-hydrogen) atoms. The van der Waals surface area contributed by atoms with E-state index in [-0.39, 0.29) is 5.91 Å². The number of aromatic amines is 1. The van der Waals surface area contributed by atoms with E-state index in [0.29, 0.717) is 23.6 Å². The van der Waals surface area contributed by atoms with Crippen molar-refractivity contribution in [3.63, 3.8) is 0 Å². The maximum atomic E-state index is 11.8. The summed E-state index contributed by atoms with van der Waals surface area (Å²) in [6, 6.07) is 7.42. The highest BCUT2D eigenvalue weighted by molar-refractivity contribution is 6.00. The van der Waals surface area contributed by atoms with Crippen molar-refractivity contribution in [2.24, 2.45) is 5.84 Å². The Balaban J connectivity index is 2.47. The second-order valence-corrected chi connectivity index (χ2v) is 4.01. The van der Waals surface area contributed by atoms with Crippen LogP contribution in [0, 0.1) is 6.92 Å². The number of hydrazine groups is 1. The fourth-order valence-corrected chi connectivity index (χ4v) is 1.89. The molecule has 100 valence electrons. The topological polar surface area (TPSA) is 93.0 Å². The van der Waals surface area contributed by atoms with E-state index >= 15 is 0 Å². The van der Waals surface area contributed by atoms with Gasteiger partial charge in [-0.2, -0.15) is 5.10 Å². The van der Waals surface area contributed by atoms with Crippen molar-refractivity contribution in [3.05, 3.63) is 35.5 Å². The molecule has 0 aliphatic heterocycles. The molecule has 4 N–H and O–H groups in total. The summed E-state index contributed by atoms with van der Waals surface area (Å²) >= 11 is 0. The van der Waals surface area contributed by atoms with Crippen LogP contribution in [-0.4, -0.2) is 22.7 Å². The molecule has 1 aromatic heterocycles. The minimum Gasteiger partial charge on any atom is -0.494 e. The zero-order valence-corrected chi connectivity index (χ0v) is 10.9. The number of benzene rings is 1. The number of nitrogens with zero attached hydrogens (tertiary/aromatic N) is 1. The number of amides is 1. The number of nitrogens with two attached hydrogens (primary N) is 1. The molecule has 0 bridgehead atoms. The van der Waals surface area contributed by atoms with Crippen molar-refractivity contribution in [2.45, 2.75) is 13.8 Å². The molecule has 0 unspecified atom stereocenters. The number of nitrogens with one attached hydrogen (secondary N) is 2. The number of rotatable bonds is 4. The molecule has 0 saturated heterocycles. The molecule has 0 aliphatic rings. The lowest BCUT2D eigenvalue weighted by Crippen LogP contribution is -2.30. The van der Waals surface area contributed by atoms with Gasteiger partial charge in [-0.05, 0) is 26.0 Å². The summed E-state index contributed by atoms with van der Waals surface area (Å²) in [6.07, 6.45) is 0. The van der Waals surface area contributed by atoms with E-state index in [1.165, 1.54) is 0 Å². The van der Waals surface area contributed by atoms with E-state index < -0.39 is 0 Å². The zero-order chi connectivity index (χ0) is 13.8. The zero-order valence-electron chi connectivity index (χ0n) is 10.9. The summed E-state index contributed by atoms with van der Waals surface area (Å²) in [7, 11) is 0. The van der Waals surface area contributed by atoms with Crippen LogP contribution in [0.15, 0.2) is 24.3 Å². The number of carbonyl (C=O) groups is 1. The van der Waals surface area contributed by atoms with E-state index in [1.54, 1.807) is 6.92 Å².